The Kier molecular flexibility index (Phi) is 2.70. The molecule has 1 atom stereocenters. The molecule has 4 saturated carbocycles. The molecular weight excluding hydrogens is 236 g/mol. The van der Waals surface area contributed by atoms with Gasteiger partial charge in [0.15, 0.2) is 0 Å². The molecule has 3 heteroatoms. The normalized spacial score (nSPS) is 48.6. The summed E-state index contributed by atoms with van der Waals surface area (Å²) in [7, 11) is 0. The van der Waals surface area contributed by atoms with E-state index in [0.29, 0.717) is 11.5 Å². The Labute approximate surface area is 116 Å². The van der Waals surface area contributed by atoms with Gasteiger partial charge in [-0.3, -0.25) is 4.79 Å². The van der Waals surface area contributed by atoms with E-state index in [1.165, 1.54) is 38.5 Å². The molecule has 4 aliphatic carbocycles. The summed E-state index contributed by atoms with van der Waals surface area (Å²) in [6, 6.07) is 0.568. The highest BCUT2D eigenvalue weighted by Crippen LogP contribution is 2.61. The second-order valence-corrected chi connectivity index (χ2v) is 7.75. The SMILES string of the molecule is CC(=O)N1CCNC(C23CC4CC(CC(C4)C2)C3)C1. The van der Waals surface area contributed by atoms with E-state index in [-0.39, 0.29) is 5.91 Å². The Balaban J connectivity index is 1.56. The van der Waals surface area contributed by atoms with E-state index in [0.717, 1.165) is 37.4 Å². The van der Waals surface area contributed by atoms with Crippen molar-refractivity contribution in [3.05, 3.63) is 0 Å². The van der Waals surface area contributed by atoms with E-state index in [1.807, 2.05) is 0 Å². The summed E-state index contributed by atoms with van der Waals surface area (Å²) in [6.45, 7) is 4.58. The van der Waals surface area contributed by atoms with Crippen molar-refractivity contribution in [2.45, 2.75) is 51.5 Å². The van der Waals surface area contributed by atoms with Crippen LogP contribution in [0.1, 0.15) is 45.4 Å². The van der Waals surface area contributed by atoms with Gasteiger partial charge in [0.25, 0.3) is 0 Å². The molecular formula is C16H26N2O. The zero-order chi connectivity index (χ0) is 13.0. The number of nitrogens with zero attached hydrogens (tertiary/aromatic N) is 1. The fourth-order valence-electron chi connectivity index (χ4n) is 6.05. The third-order valence-electron chi connectivity index (χ3n) is 6.45. The number of carbonyl (C=O) groups is 1. The van der Waals surface area contributed by atoms with Crippen LogP contribution < -0.4 is 5.32 Å². The number of hydrogen-bond acceptors (Lipinski definition) is 2. The highest BCUT2D eigenvalue weighted by atomic mass is 16.2. The van der Waals surface area contributed by atoms with Crippen molar-refractivity contribution in [2.24, 2.45) is 23.2 Å². The Morgan fingerprint density at radius 1 is 1.11 bits per heavy atom. The van der Waals surface area contributed by atoms with E-state index in [1.54, 1.807) is 6.92 Å². The third-order valence-corrected chi connectivity index (χ3v) is 6.45. The van der Waals surface area contributed by atoms with Crippen LogP contribution in [-0.4, -0.2) is 36.5 Å². The average Bonchev–Trinajstić information content (AvgIpc) is 2.37. The third kappa shape index (κ3) is 1.93. The predicted molar refractivity (Wildman–Crippen MR) is 74.6 cm³/mol. The molecule has 1 heterocycles. The fourth-order valence-corrected chi connectivity index (χ4v) is 6.05. The maximum absolute atomic E-state index is 11.7. The summed E-state index contributed by atoms with van der Waals surface area (Å²) in [5.41, 5.74) is 0.531. The van der Waals surface area contributed by atoms with Gasteiger partial charge in [0.1, 0.15) is 0 Å². The fraction of sp³-hybridized carbons (Fsp3) is 0.938. The molecule has 1 aliphatic heterocycles. The Hall–Kier alpha value is -0.570. The molecule has 1 saturated heterocycles. The van der Waals surface area contributed by atoms with Gasteiger partial charge in [-0.2, -0.15) is 0 Å². The van der Waals surface area contributed by atoms with Crippen LogP contribution in [-0.2, 0) is 4.79 Å². The van der Waals surface area contributed by atoms with Crippen molar-refractivity contribution in [1.82, 2.24) is 10.2 Å². The molecule has 1 amide bonds. The number of hydrogen-bond donors (Lipinski definition) is 1. The van der Waals surface area contributed by atoms with Crippen molar-refractivity contribution in [3.63, 3.8) is 0 Å². The molecule has 106 valence electrons. The van der Waals surface area contributed by atoms with E-state index in [4.69, 9.17) is 0 Å². The van der Waals surface area contributed by atoms with Gasteiger partial charge in [0.05, 0.1) is 0 Å². The molecule has 4 bridgehead atoms. The minimum absolute atomic E-state index is 0.260. The van der Waals surface area contributed by atoms with Gasteiger partial charge in [0, 0.05) is 32.6 Å². The van der Waals surface area contributed by atoms with Crippen LogP contribution in [0.5, 0.6) is 0 Å². The first-order chi connectivity index (χ1) is 9.14. The van der Waals surface area contributed by atoms with Crippen molar-refractivity contribution in [1.29, 1.82) is 0 Å². The summed E-state index contributed by atoms with van der Waals surface area (Å²) >= 11 is 0. The zero-order valence-electron chi connectivity index (χ0n) is 12.0. The molecule has 1 unspecified atom stereocenters. The van der Waals surface area contributed by atoms with Gasteiger partial charge in [-0.05, 0) is 61.7 Å². The highest BCUT2D eigenvalue weighted by Gasteiger charge is 2.54. The monoisotopic (exact) mass is 262 g/mol. The number of nitrogens with one attached hydrogen (secondary N) is 1. The van der Waals surface area contributed by atoms with E-state index < -0.39 is 0 Å². The first kappa shape index (κ1) is 12.2. The number of amides is 1. The summed E-state index contributed by atoms with van der Waals surface area (Å²) in [4.78, 5) is 13.7. The lowest BCUT2D eigenvalue weighted by Gasteiger charge is -2.60. The van der Waals surface area contributed by atoms with Gasteiger partial charge in [-0.15, -0.1) is 0 Å². The van der Waals surface area contributed by atoms with Gasteiger partial charge in [-0.25, -0.2) is 0 Å². The summed E-state index contributed by atoms with van der Waals surface area (Å²) in [5, 5.41) is 3.77. The first-order valence-corrected chi connectivity index (χ1v) is 8.13. The largest absolute Gasteiger partial charge is 0.340 e. The van der Waals surface area contributed by atoms with Gasteiger partial charge in [-0.1, -0.05) is 0 Å². The maximum Gasteiger partial charge on any atom is 0.219 e. The van der Waals surface area contributed by atoms with Crippen molar-refractivity contribution < 1.29 is 4.79 Å². The quantitative estimate of drug-likeness (QED) is 0.784. The molecule has 1 N–H and O–H groups in total. The Morgan fingerprint density at radius 2 is 1.68 bits per heavy atom. The van der Waals surface area contributed by atoms with Crippen molar-refractivity contribution >= 4 is 5.91 Å². The van der Waals surface area contributed by atoms with E-state index >= 15 is 0 Å². The lowest BCUT2D eigenvalue weighted by molar-refractivity contribution is -0.133. The van der Waals surface area contributed by atoms with Gasteiger partial charge >= 0.3 is 0 Å². The molecule has 3 nitrogen and oxygen atoms in total. The van der Waals surface area contributed by atoms with Crippen molar-refractivity contribution in [2.75, 3.05) is 19.6 Å². The second-order valence-electron chi connectivity index (χ2n) is 7.75. The van der Waals surface area contributed by atoms with Gasteiger partial charge < -0.3 is 10.2 Å². The molecule has 0 aromatic carbocycles. The predicted octanol–water partition coefficient (Wildman–Crippen LogP) is 2.02. The molecule has 0 aromatic rings. The zero-order valence-corrected chi connectivity index (χ0v) is 12.0. The van der Waals surface area contributed by atoms with Crippen LogP contribution in [0.25, 0.3) is 0 Å². The van der Waals surface area contributed by atoms with Crippen LogP contribution >= 0.6 is 0 Å². The molecule has 5 fully saturated rings. The number of carbonyl (C=O) groups excluding carboxylic acids is 1. The second kappa shape index (κ2) is 4.21. The first-order valence-electron chi connectivity index (χ1n) is 8.13. The van der Waals surface area contributed by atoms with Crippen molar-refractivity contribution in [3.8, 4) is 0 Å². The molecule has 0 aromatic heterocycles. The average molecular weight is 262 g/mol. The summed E-state index contributed by atoms with van der Waals surface area (Å²) < 4.78 is 0. The lowest BCUT2D eigenvalue weighted by atomic mass is 9.47. The Bertz CT molecular complexity index is 357. The molecule has 0 radical (unpaired) electrons. The minimum Gasteiger partial charge on any atom is -0.340 e. The van der Waals surface area contributed by atoms with Crippen LogP contribution in [0, 0.1) is 23.2 Å². The van der Waals surface area contributed by atoms with Crippen LogP contribution in [0.15, 0.2) is 0 Å². The minimum atomic E-state index is 0.260. The Morgan fingerprint density at radius 3 is 2.21 bits per heavy atom. The number of rotatable bonds is 1. The van der Waals surface area contributed by atoms with Crippen LogP contribution in [0.3, 0.4) is 0 Å². The molecule has 0 spiro atoms. The standard InChI is InChI=1S/C16H26N2O/c1-11(19)18-3-2-17-15(10-18)16-7-12-4-13(8-16)6-14(5-12)9-16/h12-15,17H,2-10H2,1H3. The maximum atomic E-state index is 11.7. The lowest BCUT2D eigenvalue weighted by Crippen LogP contribution is -2.63. The van der Waals surface area contributed by atoms with E-state index in [9.17, 15) is 4.79 Å². The molecule has 5 aliphatic rings. The van der Waals surface area contributed by atoms with Gasteiger partial charge in [0.2, 0.25) is 5.91 Å². The smallest absolute Gasteiger partial charge is 0.219 e. The highest BCUT2D eigenvalue weighted by molar-refractivity contribution is 5.73. The molecule has 5 rings (SSSR count). The summed E-state index contributed by atoms with van der Waals surface area (Å²) in [6.07, 6.45) is 8.81. The van der Waals surface area contributed by atoms with Crippen LogP contribution in [0.2, 0.25) is 0 Å². The van der Waals surface area contributed by atoms with E-state index in [2.05, 4.69) is 10.2 Å². The topological polar surface area (TPSA) is 32.3 Å². The van der Waals surface area contributed by atoms with Crippen LogP contribution in [0.4, 0.5) is 0 Å². The summed E-state index contributed by atoms with van der Waals surface area (Å²) in [5.74, 6) is 3.26. The molecule has 19 heavy (non-hydrogen) atoms. The number of piperazine rings is 1.